The molecule has 1 aromatic heterocycles. The van der Waals surface area contributed by atoms with Crippen LogP contribution in [0.3, 0.4) is 0 Å². The zero-order chi connectivity index (χ0) is 9.42. The van der Waals surface area contributed by atoms with E-state index < -0.39 is 0 Å². The molecule has 0 saturated heterocycles. The molecule has 2 heterocycles. The summed E-state index contributed by atoms with van der Waals surface area (Å²) in [5.74, 6) is 0.859. The number of hydrogen-bond donors (Lipinski definition) is 1. The van der Waals surface area contributed by atoms with Gasteiger partial charge in [-0.25, -0.2) is 0 Å². The van der Waals surface area contributed by atoms with E-state index in [0.717, 1.165) is 22.6 Å². The van der Waals surface area contributed by atoms with Gasteiger partial charge in [-0.15, -0.1) is 0 Å². The van der Waals surface area contributed by atoms with Crippen LogP contribution in [0.1, 0.15) is 23.7 Å². The van der Waals surface area contributed by atoms with Gasteiger partial charge >= 0.3 is 0 Å². The third-order valence-corrected chi connectivity index (χ3v) is 2.11. The van der Waals surface area contributed by atoms with Crippen LogP contribution in [0.15, 0.2) is 16.6 Å². The maximum absolute atomic E-state index is 11.4. The smallest absolute Gasteiger partial charge is 0.255 e. The summed E-state index contributed by atoms with van der Waals surface area (Å²) in [5, 5.41) is 0. The van der Waals surface area contributed by atoms with Crippen molar-refractivity contribution < 1.29 is 4.74 Å². The number of ether oxygens (including phenoxy) is 1. The third-order valence-electron chi connectivity index (χ3n) is 2.11. The first-order valence-electron chi connectivity index (χ1n) is 4.21. The fourth-order valence-electron chi connectivity index (χ4n) is 1.47. The number of H-pyrrole nitrogens is 1. The highest BCUT2D eigenvalue weighted by Gasteiger charge is 2.12. The number of allylic oxidation sites excluding steroid dienone is 1. The molecule has 0 aromatic carbocycles. The molecule has 1 aliphatic heterocycles. The summed E-state index contributed by atoms with van der Waals surface area (Å²) in [7, 11) is 0. The summed E-state index contributed by atoms with van der Waals surface area (Å²) >= 11 is 0. The molecule has 0 aliphatic carbocycles. The Hall–Kier alpha value is -1.51. The van der Waals surface area contributed by atoms with E-state index in [9.17, 15) is 4.79 Å². The van der Waals surface area contributed by atoms with Crippen molar-refractivity contribution in [1.29, 1.82) is 0 Å². The minimum absolute atomic E-state index is 0.0428. The predicted octanol–water partition coefficient (Wildman–Crippen LogP) is 1.57. The maximum Gasteiger partial charge on any atom is 0.255 e. The van der Waals surface area contributed by atoms with E-state index in [0.29, 0.717) is 6.61 Å². The van der Waals surface area contributed by atoms with Crippen LogP contribution in [-0.4, -0.2) is 4.98 Å². The van der Waals surface area contributed by atoms with Gasteiger partial charge in [-0.1, -0.05) is 0 Å². The molecule has 0 saturated carbocycles. The normalized spacial score (nSPS) is 14.5. The molecule has 1 aromatic rings. The van der Waals surface area contributed by atoms with Gasteiger partial charge in [0.1, 0.15) is 6.61 Å². The van der Waals surface area contributed by atoms with Crippen molar-refractivity contribution in [2.75, 3.05) is 0 Å². The molecule has 1 N–H and O–H groups in total. The lowest BCUT2D eigenvalue weighted by Gasteiger charge is -2.14. The number of fused-ring (bicyclic) bond motifs is 1. The van der Waals surface area contributed by atoms with Crippen LogP contribution in [0.5, 0.6) is 0 Å². The first-order chi connectivity index (χ1) is 6.16. The van der Waals surface area contributed by atoms with Crippen LogP contribution in [0, 0.1) is 6.92 Å². The van der Waals surface area contributed by atoms with Gasteiger partial charge in [0.05, 0.1) is 11.3 Å². The largest absolute Gasteiger partial charge is 0.493 e. The van der Waals surface area contributed by atoms with Crippen LogP contribution < -0.4 is 5.56 Å². The first kappa shape index (κ1) is 8.10. The van der Waals surface area contributed by atoms with E-state index in [-0.39, 0.29) is 5.56 Å². The molecule has 3 heteroatoms. The minimum atomic E-state index is -0.0428. The number of nitrogens with one attached hydrogen (secondary N) is 1. The molecular weight excluding hydrogens is 166 g/mol. The van der Waals surface area contributed by atoms with E-state index in [4.69, 9.17) is 4.74 Å². The molecule has 0 atom stereocenters. The zero-order valence-electron chi connectivity index (χ0n) is 7.68. The molecule has 68 valence electrons. The Bertz CT molecular complexity index is 429. The van der Waals surface area contributed by atoms with E-state index in [1.54, 1.807) is 0 Å². The minimum Gasteiger partial charge on any atom is -0.493 e. The number of aromatic nitrogens is 1. The predicted molar refractivity (Wildman–Crippen MR) is 50.2 cm³/mol. The average Bonchev–Trinajstić information content (AvgIpc) is 2.02. The summed E-state index contributed by atoms with van der Waals surface area (Å²) in [4.78, 5) is 14.2. The lowest BCUT2D eigenvalue weighted by atomic mass is 10.1. The van der Waals surface area contributed by atoms with Gasteiger partial charge < -0.3 is 9.72 Å². The standard InChI is InChI=1S/C10H11NO2/c1-6-3-8-4-7(2)13-5-9(8)10(12)11-6/h3-4H,5H2,1-2H3,(H,11,12). The van der Waals surface area contributed by atoms with Crippen molar-refractivity contribution >= 4 is 6.08 Å². The number of hydrogen-bond acceptors (Lipinski definition) is 2. The molecule has 2 rings (SSSR count). The Morgan fingerprint density at radius 3 is 3.00 bits per heavy atom. The van der Waals surface area contributed by atoms with E-state index in [2.05, 4.69) is 4.98 Å². The van der Waals surface area contributed by atoms with Gasteiger partial charge in [-0.05, 0) is 31.6 Å². The van der Waals surface area contributed by atoms with E-state index in [1.807, 2.05) is 26.0 Å². The van der Waals surface area contributed by atoms with Crippen molar-refractivity contribution in [3.63, 3.8) is 0 Å². The van der Waals surface area contributed by atoms with Crippen molar-refractivity contribution in [3.05, 3.63) is 39.0 Å². The second-order valence-electron chi connectivity index (χ2n) is 3.26. The van der Waals surface area contributed by atoms with Gasteiger partial charge in [0.25, 0.3) is 5.56 Å². The average molecular weight is 177 g/mol. The first-order valence-corrected chi connectivity index (χ1v) is 4.21. The Morgan fingerprint density at radius 2 is 2.23 bits per heavy atom. The lowest BCUT2D eigenvalue weighted by Crippen LogP contribution is -2.18. The number of aryl methyl sites for hydroxylation is 1. The van der Waals surface area contributed by atoms with Crippen LogP contribution in [0.25, 0.3) is 6.08 Å². The SMILES string of the molecule is CC1=Cc2cc(C)[nH]c(=O)c2CO1. The van der Waals surface area contributed by atoms with Crippen molar-refractivity contribution in [2.24, 2.45) is 0 Å². The van der Waals surface area contributed by atoms with Crippen molar-refractivity contribution in [3.8, 4) is 0 Å². The van der Waals surface area contributed by atoms with Crippen LogP contribution in [0.4, 0.5) is 0 Å². The van der Waals surface area contributed by atoms with Gasteiger partial charge in [0.2, 0.25) is 0 Å². The van der Waals surface area contributed by atoms with Gasteiger partial charge in [0.15, 0.2) is 0 Å². The maximum atomic E-state index is 11.4. The highest BCUT2D eigenvalue weighted by Crippen LogP contribution is 2.18. The summed E-state index contributed by atoms with van der Waals surface area (Å²) in [6.07, 6.45) is 1.89. The molecular formula is C10H11NO2. The van der Waals surface area contributed by atoms with Crippen LogP contribution in [0.2, 0.25) is 0 Å². The van der Waals surface area contributed by atoms with Crippen molar-refractivity contribution in [1.82, 2.24) is 4.98 Å². The molecule has 1 aliphatic rings. The Morgan fingerprint density at radius 1 is 1.46 bits per heavy atom. The molecule has 0 unspecified atom stereocenters. The second kappa shape index (κ2) is 2.76. The quantitative estimate of drug-likeness (QED) is 0.653. The molecule has 13 heavy (non-hydrogen) atoms. The topological polar surface area (TPSA) is 42.1 Å². The highest BCUT2D eigenvalue weighted by molar-refractivity contribution is 5.56. The summed E-state index contributed by atoms with van der Waals surface area (Å²) in [5.41, 5.74) is 2.54. The fraction of sp³-hybridized carbons (Fsp3) is 0.300. The second-order valence-corrected chi connectivity index (χ2v) is 3.26. The van der Waals surface area contributed by atoms with Gasteiger partial charge in [0, 0.05) is 5.69 Å². The summed E-state index contributed by atoms with van der Waals surface area (Å²) in [6.45, 7) is 4.15. The Labute approximate surface area is 76.1 Å². The van der Waals surface area contributed by atoms with E-state index >= 15 is 0 Å². The molecule has 0 fully saturated rings. The zero-order valence-corrected chi connectivity index (χ0v) is 7.68. The fourth-order valence-corrected chi connectivity index (χ4v) is 1.47. The van der Waals surface area contributed by atoms with E-state index in [1.165, 1.54) is 0 Å². The third kappa shape index (κ3) is 1.37. The number of pyridine rings is 1. The van der Waals surface area contributed by atoms with Gasteiger partial charge in [-0.2, -0.15) is 0 Å². The Kier molecular flexibility index (Phi) is 1.72. The van der Waals surface area contributed by atoms with Crippen LogP contribution >= 0.6 is 0 Å². The van der Waals surface area contributed by atoms with Crippen LogP contribution in [-0.2, 0) is 11.3 Å². The highest BCUT2D eigenvalue weighted by atomic mass is 16.5. The number of aromatic amines is 1. The summed E-state index contributed by atoms with van der Waals surface area (Å²) in [6, 6.07) is 1.96. The lowest BCUT2D eigenvalue weighted by molar-refractivity contribution is 0.198. The number of rotatable bonds is 0. The molecule has 0 spiro atoms. The summed E-state index contributed by atoms with van der Waals surface area (Å²) < 4.78 is 5.27. The monoisotopic (exact) mass is 177 g/mol. The van der Waals surface area contributed by atoms with Gasteiger partial charge in [-0.3, -0.25) is 4.79 Å². The molecule has 0 bridgehead atoms. The van der Waals surface area contributed by atoms with Crippen molar-refractivity contribution in [2.45, 2.75) is 20.5 Å². The molecule has 3 nitrogen and oxygen atoms in total. The molecule has 0 radical (unpaired) electrons. The molecule has 0 amide bonds. The Balaban J connectivity index is 2.68.